The highest BCUT2D eigenvalue weighted by molar-refractivity contribution is 7.99. The molecule has 2 amide bonds. The third kappa shape index (κ3) is 6.93. The average Bonchev–Trinajstić information content (AvgIpc) is 3.48. The third-order valence-electron chi connectivity index (χ3n) is 8.14. The fourth-order valence-corrected chi connectivity index (χ4v) is 6.40. The van der Waals surface area contributed by atoms with E-state index < -0.39 is 0 Å². The third-order valence-corrected chi connectivity index (χ3v) is 9.11. The minimum Gasteiger partial charge on any atom is -0.376 e. The van der Waals surface area contributed by atoms with Crippen molar-refractivity contribution in [2.24, 2.45) is 11.8 Å². The van der Waals surface area contributed by atoms with Crippen LogP contribution >= 0.6 is 11.8 Å². The van der Waals surface area contributed by atoms with Gasteiger partial charge in [0.25, 0.3) is 5.56 Å². The van der Waals surface area contributed by atoms with Gasteiger partial charge in [0.05, 0.1) is 22.8 Å². The van der Waals surface area contributed by atoms with Crippen LogP contribution in [0.15, 0.2) is 52.4 Å². The number of para-hydroxylation sites is 1. The average molecular weight is 563 g/mol. The van der Waals surface area contributed by atoms with Gasteiger partial charge >= 0.3 is 0 Å². The van der Waals surface area contributed by atoms with Gasteiger partial charge in [0.15, 0.2) is 5.16 Å². The molecule has 2 heterocycles. The highest BCUT2D eigenvalue weighted by Crippen LogP contribution is 2.31. The number of nitrogens with one attached hydrogen (secondary N) is 2. The minimum atomic E-state index is -0.142. The van der Waals surface area contributed by atoms with E-state index in [1.54, 1.807) is 10.6 Å². The van der Waals surface area contributed by atoms with Gasteiger partial charge in [0.2, 0.25) is 11.8 Å². The van der Waals surface area contributed by atoms with Gasteiger partial charge in [-0.3, -0.25) is 19.0 Å². The maximum absolute atomic E-state index is 13.5. The van der Waals surface area contributed by atoms with Gasteiger partial charge in [-0.05, 0) is 93.7 Å². The smallest absolute Gasteiger partial charge is 0.262 e. The number of carbonyl (C=O) groups is 2. The molecule has 1 aliphatic carbocycles. The second kappa shape index (κ2) is 13.0. The molecule has 0 bridgehead atoms. The second-order valence-electron chi connectivity index (χ2n) is 11.1. The number of hydrogen-bond donors (Lipinski definition) is 2. The van der Waals surface area contributed by atoms with Gasteiger partial charge in [0, 0.05) is 31.3 Å². The summed E-state index contributed by atoms with van der Waals surface area (Å²) >= 11 is 1.29. The number of amides is 2. The molecule has 2 aliphatic rings. The molecular weight excluding hydrogens is 524 g/mol. The zero-order chi connectivity index (χ0) is 28.1. The molecule has 5 rings (SSSR count). The quantitative estimate of drug-likeness (QED) is 0.286. The lowest BCUT2D eigenvalue weighted by atomic mass is 9.81. The van der Waals surface area contributed by atoms with Crippen molar-refractivity contribution in [1.29, 1.82) is 0 Å². The van der Waals surface area contributed by atoms with Crippen molar-refractivity contribution in [3.63, 3.8) is 0 Å². The van der Waals surface area contributed by atoms with E-state index in [-0.39, 0.29) is 41.1 Å². The summed E-state index contributed by atoms with van der Waals surface area (Å²) in [4.78, 5) is 43.8. The SMILES string of the molecule is Cc1ccc(NC(=O)CSc2nc3ccccc3c(=O)n2CC2CCC(C(=O)NC[C@H]3CCCO3)CC2)cc1C. The number of thioether (sulfide) groups is 1. The molecule has 0 radical (unpaired) electrons. The van der Waals surface area contributed by atoms with Crippen LogP contribution in [0.25, 0.3) is 10.9 Å². The van der Waals surface area contributed by atoms with Gasteiger partial charge < -0.3 is 15.4 Å². The van der Waals surface area contributed by atoms with Crippen molar-refractivity contribution in [2.45, 2.75) is 70.2 Å². The Bertz CT molecular complexity index is 1420. The van der Waals surface area contributed by atoms with E-state index in [9.17, 15) is 14.4 Å². The van der Waals surface area contributed by atoms with Gasteiger partial charge in [-0.25, -0.2) is 4.98 Å². The molecule has 1 aliphatic heterocycles. The first-order valence-electron chi connectivity index (χ1n) is 14.3. The van der Waals surface area contributed by atoms with E-state index in [2.05, 4.69) is 10.6 Å². The molecule has 9 heteroatoms. The number of benzene rings is 2. The Morgan fingerprint density at radius 3 is 2.60 bits per heavy atom. The van der Waals surface area contributed by atoms with Crippen molar-refractivity contribution in [3.05, 3.63) is 63.9 Å². The van der Waals surface area contributed by atoms with Crippen LogP contribution in [0.3, 0.4) is 0 Å². The Kier molecular flexibility index (Phi) is 9.22. The topological polar surface area (TPSA) is 102 Å². The van der Waals surface area contributed by atoms with Gasteiger partial charge in [-0.2, -0.15) is 0 Å². The maximum atomic E-state index is 13.5. The van der Waals surface area contributed by atoms with E-state index in [1.807, 2.05) is 50.2 Å². The van der Waals surface area contributed by atoms with Gasteiger partial charge in [0.1, 0.15) is 0 Å². The lowest BCUT2D eigenvalue weighted by Gasteiger charge is -2.29. The predicted octanol–water partition coefficient (Wildman–Crippen LogP) is 4.85. The fraction of sp³-hybridized carbons (Fsp3) is 0.484. The molecule has 3 aromatic rings. The molecule has 0 unspecified atom stereocenters. The predicted molar refractivity (Wildman–Crippen MR) is 159 cm³/mol. The number of hydrogen-bond acceptors (Lipinski definition) is 6. The molecule has 1 atom stereocenters. The second-order valence-corrected chi connectivity index (χ2v) is 12.0. The summed E-state index contributed by atoms with van der Waals surface area (Å²) < 4.78 is 7.36. The summed E-state index contributed by atoms with van der Waals surface area (Å²) in [5.41, 5.74) is 3.59. The Morgan fingerprint density at radius 2 is 1.85 bits per heavy atom. The van der Waals surface area contributed by atoms with E-state index in [0.29, 0.717) is 29.1 Å². The van der Waals surface area contributed by atoms with E-state index in [4.69, 9.17) is 9.72 Å². The highest BCUT2D eigenvalue weighted by atomic mass is 32.2. The van der Waals surface area contributed by atoms with Crippen LogP contribution in [0, 0.1) is 25.7 Å². The number of anilines is 1. The van der Waals surface area contributed by atoms with Gasteiger partial charge in [-0.15, -0.1) is 0 Å². The van der Waals surface area contributed by atoms with Crippen LogP contribution in [0.1, 0.15) is 49.7 Å². The Hall–Kier alpha value is -3.17. The standard InChI is InChI=1S/C31H38N4O4S/c1-20-9-14-24(16-21(20)2)33-28(36)19-40-31-34-27-8-4-3-7-26(27)30(38)35(31)18-22-10-12-23(13-11-22)29(37)32-17-25-6-5-15-39-25/h3-4,7-9,14,16,22-23,25H,5-6,10-13,15,17-19H2,1-2H3,(H,32,37)(H,33,36)/t22?,23?,25-/m1/s1. The summed E-state index contributed by atoms with van der Waals surface area (Å²) in [6.07, 6.45) is 5.56. The molecule has 8 nitrogen and oxygen atoms in total. The van der Waals surface area contributed by atoms with Crippen molar-refractivity contribution in [2.75, 3.05) is 24.2 Å². The van der Waals surface area contributed by atoms with Crippen molar-refractivity contribution < 1.29 is 14.3 Å². The van der Waals surface area contributed by atoms with E-state index in [0.717, 1.165) is 56.4 Å². The molecule has 2 aromatic carbocycles. The normalized spacial score (nSPS) is 20.9. The molecule has 2 N–H and O–H groups in total. The van der Waals surface area contributed by atoms with E-state index in [1.165, 1.54) is 17.3 Å². The Labute approximate surface area is 239 Å². The van der Waals surface area contributed by atoms with Crippen molar-refractivity contribution >= 4 is 40.2 Å². The molecule has 0 spiro atoms. The molecular formula is C31H38N4O4S. The van der Waals surface area contributed by atoms with Crippen LogP contribution in [-0.4, -0.2) is 46.4 Å². The van der Waals surface area contributed by atoms with Crippen LogP contribution < -0.4 is 16.2 Å². The number of aromatic nitrogens is 2. The number of rotatable bonds is 9. The largest absolute Gasteiger partial charge is 0.376 e. The van der Waals surface area contributed by atoms with Gasteiger partial charge in [-0.1, -0.05) is 30.0 Å². The lowest BCUT2D eigenvalue weighted by molar-refractivity contribution is -0.126. The molecule has 1 aromatic heterocycles. The number of fused-ring (bicyclic) bond motifs is 1. The monoisotopic (exact) mass is 562 g/mol. The zero-order valence-electron chi connectivity index (χ0n) is 23.3. The maximum Gasteiger partial charge on any atom is 0.262 e. The zero-order valence-corrected chi connectivity index (χ0v) is 24.1. The summed E-state index contributed by atoms with van der Waals surface area (Å²) in [6.45, 7) is 5.96. The number of carbonyl (C=O) groups excluding carboxylic acids is 2. The molecule has 1 saturated carbocycles. The highest BCUT2D eigenvalue weighted by Gasteiger charge is 2.28. The molecule has 212 valence electrons. The Morgan fingerprint density at radius 1 is 1.05 bits per heavy atom. The number of ether oxygens (including phenoxy) is 1. The fourth-order valence-electron chi connectivity index (χ4n) is 5.59. The summed E-state index contributed by atoms with van der Waals surface area (Å²) in [5.74, 6) is 0.398. The molecule has 1 saturated heterocycles. The summed E-state index contributed by atoms with van der Waals surface area (Å²) in [7, 11) is 0. The first-order valence-corrected chi connectivity index (χ1v) is 15.2. The number of nitrogens with zero attached hydrogens (tertiary/aromatic N) is 2. The minimum absolute atomic E-state index is 0.00653. The van der Waals surface area contributed by atoms with Crippen molar-refractivity contribution in [1.82, 2.24) is 14.9 Å². The van der Waals surface area contributed by atoms with Crippen LogP contribution in [0.4, 0.5) is 5.69 Å². The van der Waals surface area contributed by atoms with Crippen LogP contribution in [0.2, 0.25) is 0 Å². The molecule has 2 fully saturated rings. The van der Waals surface area contributed by atoms with Crippen molar-refractivity contribution in [3.8, 4) is 0 Å². The molecule has 40 heavy (non-hydrogen) atoms. The summed E-state index contributed by atoms with van der Waals surface area (Å²) in [6, 6.07) is 13.2. The van der Waals surface area contributed by atoms with Crippen LogP contribution in [0.5, 0.6) is 0 Å². The first-order chi connectivity index (χ1) is 19.4. The Balaban J connectivity index is 1.23. The first kappa shape index (κ1) is 28.4. The number of aryl methyl sites for hydroxylation is 2. The lowest BCUT2D eigenvalue weighted by Crippen LogP contribution is -2.38. The summed E-state index contributed by atoms with van der Waals surface area (Å²) in [5, 5.41) is 7.16. The van der Waals surface area contributed by atoms with E-state index >= 15 is 0 Å². The van der Waals surface area contributed by atoms with Crippen LogP contribution in [-0.2, 0) is 20.9 Å².